The number of benzene rings is 2. The summed E-state index contributed by atoms with van der Waals surface area (Å²) in [6.07, 6.45) is 0. The number of fused-ring (bicyclic) bond motifs is 1. The fraction of sp³-hybridized carbons (Fsp3) is 0.294. The molecular formula is C17H18ClNO2. The minimum Gasteiger partial charge on any atom is -0.486 e. The summed E-state index contributed by atoms with van der Waals surface area (Å²) in [4.78, 5) is 0. The molecule has 1 heterocycles. The Morgan fingerprint density at radius 2 is 1.76 bits per heavy atom. The molecule has 0 aliphatic carbocycles. The Bertz CT molecular complexity index is 637. The average molecular weight is 304 g/mol. The highest BCUT2D eigenvalue weighted by Crippen LogP contribution is 2.34. The quantitative estimate of drug-likeness (QED) is 0.937. The van der Waals surface area contributed by atoms with Gasteiger partial charge in [0.25, 0.3) is 0 Å². The van der Waals surface area contributed by atoms with Crippen LogP contribution >= 0.6 is 11.6 Å². The van der Waals surface area contributed by atoms with E-state index in [0.717, 1.165) is 33.2 Å². The molecule has 0 amide bonds. The van der Waals surface area contributed by atoms with Crippen molar-refractivity contribution < 1.29 is 9.47 Å². The number of nitrogens with one attached hydrogen (secondary N) is 1. The monoisotopic (exact) mass is 303 g/mol. The lowest BCUT2D eigenvalue weighted by Crippen LogP contribution is -2.19. The van der Waals surface area contributed by atoms with Gasteiger partial charge in [0.1, 0.15) is 13.2 Å². The van der Waals surface area contributed by atoms with E-state index in [1.165, 1.54) is 0 Å². The molecule has 2 aromatic carbocycles. The maximum absolute atomic E-state index is 6.18. The van der Waals surface area contributed by atoms with Crippen LogP contribution in [0, 0.1) is 6.92 Å². The highest BCUT2D eigenvalue weighted by Gasteiger charge is 2.17. The molecule has 1 N–H and O–H groups in total. The molecule has 0 spiro atoms. The lowest BCUT2D eigenvalue weighted by atomic mass is 9.97. The molecule has 1 unspecified atom stereocenters. The third kappa shape index (κ3) is 2.99. The van der Waals surface area contributed by atoms with E-state index in [4.69, 9.17) is 21.1 Å². The molecule has 3 nitrogen and oxygen atoms in total. The van der Waals surface area contributed by atoms with Gasteiger partial charge < -0.3 is 14.8 Å². The first-order valence-corrected chi connectivity index (χ1v) is 7.39. The molecule has 0 aromatic heterocycles. The average Bonchev–Trinajstić information content (AvgIpc) is 2.47. The van der Waals surface area contributed by atoms with Crippen LogP contribution in [-0.4, -0.2) is 20.3 Å². The molecule has 0 saturated carbocycles. The van der Waals surface area contributed by atoms with Crippen LogP contribution in [0.2, 0.25) is 5.02 Å². The Balaban J connectivity index is 1.99. The lowest BCUT2D eigenvalue weighted by molar-refractivity contribution is 0.171. The zero-order valence-corrected chi connectivity index (χ0v) is 12.9. The van der Waals surface area contributed by atoms with Gasteiger partial charge >= 0.3 is 0 Å². The second-order valence-electron chi connectivity index (χ2n) is 5.19. The Labute approximate surface area is 129 Å². The van der Waals surface area contributed by atoms with Gasteiger partial charge in [0.2, 0.25) is 0 Å². The van der Waals surface area contributed by atoms with Gasteiger partial charge in [0.05, 0.1) is 6.04 Å². The summed E-state index contributed by atoms with van der Waals surface area (Å²) in [5, 5.41) is 4.09. The van der Waals surface area contributed by atoms with Gasteiger partial charge in [-0.2, -0.15) is 0 Å². The van der Waals surface area contributed by atoms with E-state index in [1.807, 2.05) is 38.2 Å². The Kier molecular flexibility index (Phi) is 4.04. The zero-order valence-electron chi connectivity index (χ0n) is 12.2. The van der Waals surface area contributed by atoms with Gasteiger partial charge in [-0.05, 0) is 54.9 Å². The Morgan fingerprint density at radius 3 is 2.48 bits per heavy atom. The van der Waals surface area contributed by atoms with Crippen LogP contribution in [0.3, 0.4) is 0 Å². The molecule has 1 atom stereocenters. The van der Waals surface area contributed by atoms with Crippen molar-refractivity contribution >= 4 is 11.6 Å². The summed E-state index contributed by atoms with van der Waals surface area (Å²) in [6, 6.07) is 12.2. The van der Waals surface area contributed by atoms with Gasteiger partial charge in [-0.25, -0.2) is 0 Å². The van der Waals surface area contributed by atoms with Gasteiger partial charge in [-0.15, -0.1) is 0 Å². The predicted octanol–water partition coefficient (Wildman–Crippen LogP) is 3.73. The fourth-order valence-electron chi connectivity index (χ4n) is 2.70. The molecule has 0 fully saturated rings. The third-order valence-electron chi connectivity index (χ3n) is 3.59. The van der Waals surface area contributed by atoms with E-state index < -0.39 is 0 Å². The lowest BCUT2D eigenvalue weighted by Gasteiger charge is -2.22. The predicted molar refractivity (Wildman–Crippen MR) is 84.5 cm³/mol. The van der Waals surface area contributed by atoms with Crippen LogP contribution in [0.25, 0.3) is 0 Å². The standard InChI is InChI=1S/C17H18ClNO2/c1-11-7-13(9-14(18)8-11)17(19-2)12-3-4-15-16(10-12)21-6-5-20-15/h3-4,7-10,17,19H,5-6H2,1-2H3. The molecule has 0 radical (unpaired) electrons. The third-order valence-corrected chi connectivity index (χ3v) is 3.80. The van der Waals surface area contributed by atoms with Crippen molar-refractivity contribution in [2.75, 3.05) is 20.3 Å². The number of rotatable bonds is 3. The Morgan fingerprint density at radius 1 is 1.00 bits per heavy atom. The first kappa shape index (κ1) is 14.2. The summed E-state index contributed by atoms with van der Waals surface area (Å²) < 4.78 is 11.2. The first-order chi connectivity index (χ1) is 10.2. The minimum absolute atomic E-state index is 0.0678. The Hall–Kier alpha value is -1.71. The van der Waals surface area contributed by atoms with E-state index >= 15 is 0 Å². The van der Waals surface area contributed by atoms with Gasteiger partial charge in [-0.1, -0.05) is 23.7 Å². The van der Waals surface area contributed by atoms with E-state index in [2.05, 4.69) is 17.4 Å². The van der Waals surface area contributed by atoms with E-state index in [9.17, 15) is 0 Å². The molecule has 21 heavy (non-hydrogen) atoms. The van der Waals surface area contributed by atoms with Crippen LogP contribution in [0.4, 0.5) is 0 Å². The zero-order chi connectivity index (χ0) is 14.8. The number of ether oxygens (including phenoxy) is 2. The number of halogens is 1. The van der Waals surface area contributed by atoms with Crippen molar-refractivity contribution in [2.45, 2.75) is 13.0 Å². The fourth-order valence-corrected chi connectivity index (χ4v) is 2.99. The molecule has 4 heteroatoms. The summed E-state index contributed by atoms with van der Waals surface area (Å²) in [6.45, 7) is 3.25. The van der Waals surface area contributed by atoms with Crippen molar-refractivity contribution in [3.8, 4) is 11.5 Å². The molecule has 0 bridgehead atoms. The second kappa shape index (κ2) is 5.96. The van der Waals surface area contributed by atoms with Crippen molar-refractivity contribution in [3.05, 3.63) is 58.1 Å². The molecule has 1 aliphatic heterocycles. The van der Waals surface area contributed by atoms with Gasteiger partial charge in [-0.3, -0.25) is 0 Å². The molecule has 1 aliphatic rings. The molecule has 3 rings (SSSR count). The SMILES string of the molecule is CNC(c1cc(C)cc(Cl)c1)c1ccc2c(c1)OCCO2. The summed E-state index contributed by atoms with van der Waals surface area (Å²) in [7, 11) is 1.94. The van der Waals surface area contributed by atoms with Crippen LogP contribution < -0.4 is 14.8 Å². The normalized spacial score (nSPS) is 14.8. The summed E-state index contributed by atoms with van der Waals surface area (Å²) >= 11 is 6.18. The topological polar surface area (TPSA) is 30.5 Å². The van der Waals surface area contributed by atoms with Crippen molar-refractivity contribution in [1.82, 2.24) is 5.32 Å². The molecule has 110 valence electrons. The maximum Gasteiger partial charge on any atom is 0.161 e. The van der Waals surface area contributed by atoms with E-state index in [1.54, 1.807) is 0 Å². The molecule has 2 aromatic rings. The second-order valence-corrected chi connectivity index (χ2v) is 5.62. The van der Waals surface area contributed by atoms with Crippen LogP contribution in [-0.2, 0) is 0 Å². The van der Waals surface area contributed by atoms with Crippen LogP contribution in [0.15, 0.2) is 36.4 Å². The highest BCUT2D eigenvalue weighted by molar-refractivity contribution is 6.30. The maximum atomic E-state index is 6.18. The molecule has 0 saturated heterocycles. The van der Waals surface area contributed by atoms with Crippen LogP contribution in [0.5, 0.6) is 11.5 Å². The van der Waals surface area contributed by atoms with Crippen molar-refractivity contribution in [1.29, 1.82) is 0 Å². The first-order valence-electron chi connectivity index (χ1n) is 7.01. The van der Waals surface area contributed by atoms with Crippen LogP contribution in [0.1, 0.15) is 22.7 Å². The highest BCUT2D eigenvalue weighted by atomic mass is 35.5. The van der Waals surface area contributed by atoms with Crippen molar-refractivity contribution in [2.24, 2.45) is 0 Å². The summed E-state index contributed by atoms with van der Waals surface area (Å²) in [5.74, 6) is 1.61. The smallest absolute Gasteiger partial charge is 0.161 e. The minimum atomic E-state index is 0.0678. The number of hydrogen-bond acceptors (Lipinski definition) is 3. The molecular weight excluding hydrogens is 286 g/mol. The largest absolute Gasteiger partial charge is 0.486 e. The van der Waals surface area contributed by atoms with Gasteiger partial charge in [0, 0.05) is 5.02 Å². The van der Waals surface area contributed by atoms with Gasteiger partial charge in [0.15, 0.2) is 11.5 Å². The summed E-state index contributed by atoms with van der Waals surface area (Å²) in [5.41, 5.74) is 3.41. The van der Waals surface area contributed by atoms with E-state index in [0.29, 0.717) is 13.2 Å². The van der Waals surface area contributed by atoms with E-state index in [-0.39, 0.29) is 6.04 Å². The number of aryl methyl sites for hydroxylation is 1. The van der Waals surface area contributed by atoms with Crippen molar-refractivity contribution in [3.63, 3.8) is 0 Å². The number of hydrogen-bond donors (Lipinski definition) is 1.